The molecule has 2 aromatic rings. The maximum Gasteiger partial charge on any atom is 0.243 e. The molecule has 0 aliphatic heterocycles. The molecule has 2 rings (SSSR count). The van der Waals surface area contributed by atoms with Crippen LogP contribution in [-0.2, 0) is 16.6 Å². The maximum atomic E-state index is 12.4. The van der Waals surface area contributed by atoms with Crippen LogP contribution in [0.5, 0.6) is 5.75 Å². The molecule has 0 spiro atoms. The van der Waals surface area contributed by atoms with E-state index in [2.05, 4.69) is 0 Å². The van der Waals surface area contributed by atoms with Crippen molar-refractivity contribution in [1.82, 2.24) is 4.31 Å². The summed E-state index contributed by atoms with van der Waals surface area (Å²) in [6.45, 7) is 0.228. The van der Waals surface area contributed by atoms with Crippen LogP contribution < -0.4 is 10.5 Å². The molecular weight excluding hydrogens is 280 g/mol. The van der Waals surface area contributed by atoms with Crippen molar-refractivity contribution >= 4 is 15.7 Å². The molecule has 1 heterocycles. The lowest BCUT2D eigenvalue weighted by Gasteiger charge is -2.17. The Hall–Kier alpha value is -1.99. The van der Waals surface area contributed by atoms with E-state index in [9.17, 15) is 8.42 Å². The van der Waals surface area contributed by atoms with Crippen LogP contribution in [0, 0.1) is 0 Å². The van der Waals surface area contributed by atoms with E-state index in [-0.39, 0.29) is 11.4 Å². The van der Waals surface area contributed by atoms with Crippen molar-refractivity contribution < 1.29 is 17.6 Å². The van der Waals surface area contributed by atoms with Crippen molar-refractivity contribution in [3.8, 4) is 5.75 Å². The van der Waals surface area contributed by atoms with Crippen LogP contribution in [0.3, 0.4) is 0 Å². The van der Waals surface area contributed by atoms with Gasteiger partial charge in [-0.15, -0.1) is 0 Å². The third-order valence-corrected chi connectivity index (χ3v) is 4.70. The van der Waals surface area contributed by atoms with Crippen LogP contribution in [0.1, 0.15) is 5.56 Å². The fraction of sp³-hybridized carbons (Fsp3) is 0.231. The lowest BCUT2D eigenvalue weighted by molar-refractivity contribution is 0.414. The smallest absolute Gasteiger partial charge is 0.243 e. The summed E-state index contributed by atoms with van der Waals surface area (Å²) in [5.41, 5.74) is 6.85. The second kappa shape index (κ2) is 5.56. The fourth-order valence-electron chi connectivity index (χ4n) is 1.76. The van der Waals surface area contributed by atoms with E-state index in [0.717, 1.165) is 5.56 Å². The molecule has 1 aromatic carbocycles. The molecule has 0 radical (unpaired) electrons. The van der Waals surface area contributed by atoms with E-state index in [1.165, 1.54) is 49.2 Å². The van der Waals surface area contributed by atoms with E-state index in [1.54, 1.807) is 6.07 Å². The number of nitrogen functional groups attached to an aromatic ring is 1. The summed E-state index contributed by atoms with van der Waals surface area (Å²) < 4.78 is 36.1. The average Bonchev–Trinajstić information content (AvgIpc) is 2.91. The Labute approximate surface area is 117 Å². The molecule has 0 bridgehead atoms. The topological polar surface area (TPSA) is 85.8 Å². The number of methoxy groups -OCH3 is 1. The van der Waals surface area contributed by atoms with Gasteiger partial charge >= 0.3 is 0 Å². The molecule has 20 heavy (non-hydrogen) atoms. The van der Waals surface area contributed by atoms with Gasteiger partial charge in [0.15, 0.2) is 0 Å². The number of rotatable bonds is 5. The second-order valence-electron chi connectivity index (χ2n) is 4.30. The molecular formula is C13H16N2O4S. The third kappa shape index (κ3) is 2.78. The Morgan fingerprint density at radius 3 is 2.70 bits per heavy atom. The molecule has 0 aliphatic carbocycles. The highest BCUT2D eigenvalue weighted by atomic mass is 32.2. The van der Waals surface area contributed by atoms with Crippen molar-refractivity contribution in [2.75, 3.05) is 19.9 Å². The van der Waals surface area contributed by atoms with Crippen LogP contribution in [0.15, 0.2) is 46.1 Å². The normalized spacial score (nSPS) is 11.8. The van der Waals surface area contributed by atoms with Crippen molar-refractivity contribution in [1.29, 1.82) is 0 Å². The Balaban J connectivity index is 2.29. The molecule has 0 unspecified atom stereocenters. The lowest BCUT2D eigenvalue weighted by atomic mass is 10.3. The third-order valence-electron chi connectivity index (χ3n) is 2.90. The monoisotopic (exact) mass is 296 g/mol. The zero-order valence-electron chi connectivity index (χ0n) is 11.2. The first kappa shape index (κ1) is 14.4. The van der Waals surface area contributed by atoms with Crippen molar-refractivity contribution in [3.05, 3.63) is 42.4 Å². The molecule has 108 valence electrons. The summed E-state index contributed by atoms with van der Waals surface area (Å²) in [6.07, 6.45) is 3.01. The highest BCUT2D eigenvalue weighted by molar-refractivity contribution is 7.89. The van der Waals surface area contributed by atoms with Gasteiger partial charge in [-0.3, -0.25) is 0 Å². The molecule has 7 heteroatoms. The van der Waals surface area contributed by atoms with E-state index in [0.29, 0.717) is 11.4 Å². The molecule has 0 amide bonds. The molecule has 1 aromatic heterocycles. The SMILES string of the molecule is COc1cc(S(=O)(=O)N(C)Cc2ccoc2)ccc1N. The molecule has 0 saturated carbocycles. The molecule has 0 atom stereocenters. The van der Waals surface area contributed by atoms with Crippen molar-refractivity contribution in [3.63, 3.8) is 0 Å². The highest BCUT2D eigenvalue weighted by Gasteiger charge is 2.22. The minimum Gasteiger partial charge on any atom is -0.495 e. The van der Waals surface area contributed by atoms with E-state index >= 15 is 0 Å². The molecule has 0 aliphatic rings. The standard InChI is InChI=1S/C13H16N2O4S/c1-15(8-10-5-6-19-9-10)20(16,17)11-3-4-12(14)13(7-11)18-2/h3-7,9H,8,14H2,1-2H3. The van der Waals surface area contributed by atoms with Crippen LogP contribution >= 0.6 is 0 Å². The Kier molecular flexibility index (Phi) is 4.01. The zero-order valence-corrected chi connectivity index (χ0v) is 12.1. The molecule has 0 saturated heterocycles. The number of nitrogens with zero attached hydrogens (tertiary/aromatic N) is 1. The van der Waals surface area contributed by atoms with Gasteiger partial charge in [-0.05, 0) is 18.2 Å². The van der Waals surface area contributed by atoms with E-state index in [4.69, 9.17) is 14.9 Å². The van der Waals surface area contributed by atoms with Gasteiger partial charge in [0.1, 0.15) is 5.75 Å². The van der Waals surface area contributed by atoms with Gasteiger partial charge in [0.25, 0.3) is 0 Å². The van der Waals surface area contributed by atoms with Gasteiger partial charge < -0.3 is 14.9 Å². The average molecular weight is 296 g/mol. The number of furan rings is 1. The largest absolute Gasteiger partial charge is 0.495 e. The summed E-state index contributed by atoms with van der Waals surface area (Å²) in [5.74, 6) is 0.336. The number of sulfonamides is 1. The highest BCUT2D eigenvalue weighted by Crippen LogP contribution is 2.26. The second-order valence-corrected chi connectivity index (χ2v) is 6.34. The first-order valence-corrected chi connectivity index (χ1v) is 7.30. The summed E-state index contributed by atoms with van der Waals surface area (Å²) in [7, 11) is -0.661. The first-order valence-electron chi connectivity index (χ1n) is 5.86. The summed E-state index contributed by atoms with van der Waals surface area (Å²) >= 11 is 0. The van der Waals surface area contributed by atoms with Gasteiger partial charge in [0.2, 0.25) is 10.0 Å². The Morgan fingerprint density at radius 2 is 2.10 bits per heavy atom. The van der Waals surface area contributed by atoms with E-state index < -0.39 is 10.0 Å². The summed E-state index contributed by atoms with van der Waals surface area (Å²) in [5, 5.41) is 0. The van der Waals surface area contributed by atoms with Crippen LogP contribution in [0.25, 0.3) is 0 Å². The Morgan fingerprint density at radius 1 is 1.35 bits per heavy atom. The van der Waals surface area contributed by atoms with Crippen molar-refractivity contribution in [2.45, 2.75) is 11.4 Å². The minimum absolute atomic E-state index is 0.134. The Bertz CT molecular complexity index is 680. The number of hydrogen-bond donors (Lipinski definition) is 1. The van der Waals surface area contributed by atoms with Gasteiger partial charge in [-0.25, -0.2) is 8.42 Å². The van der Waals surface area contributed by atoms with Crippen LogP contribution in [-0.4, -0.2) is 26.9 Å². The number of anilines is 1. The molecule has 0 fully saturated rings. The van der Waals surface area contributed by atoms with E-state index in [1.807, 2.05) is 0 Å². The number of hydrogen-bond acceptors (Lipinski definition) is 5. The quantitative estimate of drug-likeness (QED) is 0.849. The number of benzene rings is 1. The van der Waals surface area contributed by atoms with Crippen LogP contribution in [0.4, 0.5) is 5.69 Å². The maximum absolute atomic E-state index is 12.4. The van der Waals surface area contributed by atoms with Gasteiger partial charge in [-0.2, -0.15) is 4.31 Å². The molecule has 2 N–H and O–H groups in total. The fourth-order valence-corrected chi connectivity index (χ4v) is 2.93. The van der Waals surface area contributed by atoms with Crippen molar-refractivity contribution in [2.24, 2.45) is 0 Å². The lowest BCUT2D eigenvalue weighted by Crippen LogP contribution is -2.26. The number of nitrogens with two attached hydrogens (primary N) is 1. The predicted molar refractivity (Wildman–Crippen MR) is 74.8 cm³/mol. The first-order chi connectivity index (χ1) is 9.45. The van der Waals surface area contributed by atoms with Crippen LogP contribution in [0.2, 0.25) is 0 Å². The van der Waals surface area contributed by atoms with Gasteiger partial charge in [0.05, 0.1) is 30.2 Å². The van der Waals surface area contributed by atoms with Gasteiger partial charge in [0, 0.05) is 25.2 Å². The van der Waals surface area contributed by atoms with Gasteiger partial charge in [-0.1, -0.05) is 0 Å². The molecule has 6 nitrogen and oxygen atoms in total. The zero-order chi connectivity index (χ0) is 14.8. The summed E-state index contributed by atoms with van der Waals surface area (Å²) in [4.78, 5) is 0.134. The predicted octanol–water partition coefficient (Wildman–Crippen LogP) is 1.69. The number of ether oxygens (including phenoxy) is 1. The summed E-state index contributed by atoms with van der Waals surface area (Å²) in [6, 6.07) is 6.10. The minimum atomic E-state index is -3.61.